The lowest BCUT2D eigenvalue weighted by Gasteiger charge is -2.07. The molecule has 0 aliphatic carbocycles. The van der Waals surface area contributed by atoms with Crippen LogP contribution in [-0.2, 0) is 4.79 Å². The molecule has 0 unspecified atom stereocenters. The summed E-state index contributed by atoms with van der Waals surface area (Å²) in [5.74, 6) is -0.949. The molecule has 0 spiro atoms. The van der Waals surface area contributed by atoms with Gasteiger partial charge in [0.05, 0.1) is 6.10 Å². The van der Waals surface area contributed by atoms with Gasteiger partial charge in [-0.2, -0.15) is 0 Å². The van der Waals surface area contributed by atoms with E-state index in [1.807, 2.05) is 0 Å². The van der Waals surface area contributed by atoms with Gasteiger partial charge >= 0.3 is 0 Å². The van der Waals surface area contributed by atoms with Gasteiger partial charge in [-0.3, -0.25) is 0 Å². The minimum absolute atomic E-state index is 0.178. The Kier molecular flexibility index (Phi) is 15.8. The number of aliphatic hydroxyl groups excluding tert-OH is 2. The Balaban J connectivity index is 3.26. The van der Waals surface area contributed by atoms with Crippen molar-refractivity contribution in [2.45, 2.75) is 89.6 Å². The number of carboxylic acids is 1. The van der Waals surface area contributed by atoms with Gasteiger partial charge in [-0.15, -0.1) is 0 Å². The standard InChI is InChI=1S/C18H34O4/c19-16-12-8-7-10-14-17(20)13-9-5-3-1-2-4-6-11-15-18(21)22/h5,9,17,19-20H,1-4,6-8,10-16H2,(H,21,22)/p-1/b9-5-/t17-/m0/s1. The highest BCUT2D eigenvalue weighted by Crippen LogP contribution is 2.10. The highest BCUT2D eigenvalue weighted by atomic mass is 16.4. The molecule has 0 aromatic heterocycles. The number of aliphatic carboxylic acids is 1. The maximum Gasteiger partial charge on any atom is 0.0574 e. The van der Waals surface area contributed by atoms with Crippen molar-refractivity contribution in [2.75, 3.05) is 6.61 Å². The van der Waals surface area contributed by atoms with Crippen LogP contribution in [0.25, 0.3) is 0 Å². The lowest BCUT2D eigenvalue weighted by molar-refractivity contribution is -0.305. The van der Waals surface area contributed by atoms with E-state index in [2.05, 4.69) is 12.2 Å². The molecule has 0 aromatic rings. The van der Waals surface area contributed by atoms with Crippen molar-refractivity contribution in [3.05, 3.63) is 12.2 Å². The maximum atomic E-state index is 10.2. The van der Waals surface area contributed by atoms with E-state index in [0.717, 1.165) is 77.0 Å². The fourth-order valence-electron chi connectivity index (χ4n) is 2.40. The third kappa shape index (κ3) is 17.2. The van der Waals surface area contributed by atoms with Crippen LogP contribution in [0.5, 0.6) is 0 Å². The lowest BCUT2D eigenvalue weighted by Crippen LogP contribution is -2.21. The molecule has 0 aliphatic heterocycles. The average Bonchev–Trinajstić information content (AvgIpc) is 2.48. The number of carbonyl (C=O) groups excluding carboxylic acids is 1. The van der Waals surface area contributed by atoms with E-state index in [1.165, 1.54) is 0 Å². The molecule has 0 rings (SSSR count). The number of unbranched alkanes of at least 4 members (excludes halogenated alkanes) is 8. The van der Waals surface area contributed by atoms with Gasteiger partial charge in [0.1, 0.15) is 0 Å². The molecule has 0 saturated carbocycles. The second kappa shape index (κ2) is 16.5. The zero-order valence-electron chi connectivity index (χ0n) is 13.8. The number of rotatable bonds is 16. The van der Waals surface area contributed by atoms with Gasteiger partial charge in [0.25, 0.3) is 0 Å². The van der Waals surface area contributed by atoms with Crippen LogP contribution in [0, 0.1) is 0 Å². The summed E-state index contributed by atoms with van der Waals surface area (Å²) in [5.41, 5.74) is 0. The number of hydrogen-bond donors (Lipinski definition) is 2. The van der Waals surface area contributed by atoms with E-state index in [4.69, 9.17) is 5.11 Å². The molecule has 4 heteroatoms. The quantitative estimate of drug-likeness (QED) is 0.339. The molecule has 130 valence electrons. The van der Waals surface area contributed by atoms with Crippen LogP contribution in [0.3, 0.4) is 0 Å². The topological polar surface area (TPSA) is 80.6 Å². The molecule has 4 nitrogen and oxygen atoms in total. The molecule has 0 fully saturated rings. The maximum absolute atomic E-state index is 10.2. The first-order valence-corrected chi connectivity index (χ1v) is 8.80. The molecule has 0 radical (unpaired) electrons. The lowest BCUT2D eigenvalue weighted by atomic mass is 10.1. The van der Waals surface area contributed by atoms with Gasteiger partial charge in [0, 0.05) is 12.6 Å². The Bertz CT molecular complexity index is 276. The Hall–Kier alpha value is -0.870. The minimum Gasteiger partial charge on any atom is -0.550 e. The first kappa shape index (κ1) is 21.1. The smallest absolute Gasteiger partial charge is 0.0574 e. The van der Waals surface area contributed by atoms with E-state index in [9.17, 15) is 15.0 Å². The normalized spacial score (nSPS) is 12.8. The fraction of sp³-hybridized carbons (Fsp3) is 0.833. The summed E-state index contributed by atoms with van der Waals surface area (Å²) in [6.07, 6.45) is 15.8. The number of carboxylic acid groups (broad SMARTS) is 1. The van der Waals surface area contributed by atoms with Crippen LogP contribution in [0.2, 0.25) is 0 Å². The summed E-state index contributed by atoms with van der Waals surface area (Å²) >= 11 is 0. The van der Waals surface area contributed by atoms with Gasteiger partial charge < -0.3 is 20.1 Å². The van der Waals surface area contributed by atoms with Crippen LogP contribution in [-0.4, -0.2) is 28.9 Å². The number of allylic oxidation sites excluding steroid dienone is 1. The van der Waals surface area contributed by atoms with Gasteiger partial charge in [-0.05, 0) is 44.9 Å². The van der Waals surface area contributed by atoms with Crippen molar-refractivity contribution in [1.29, 1.82) is 0 Å². The molecular weight excluding hydrogens is 280 g/mol. The molecule has 0 heterocycles. The summed E-state index contributed by atoms with van der Waals surface area (Å²) in [4.78, 5) is 10.2. The number of carbonyl (C=O) groups is 1. The molecule has 0 bridgehead atoms. The van der Waals surface area contributed by atoms with Gasteiger partial charge in [0.2, 0.25) is 0 Å². The highest BCUT2D eigenvalue weighted by Gasteiger charge is 2.00. The van der Waals surface area contributed by atoms with Crippen molar-refractivity contribution in [2.24, 2.45) is 0 Å². The van der Waals surface area contributed by atoms with E-state index >= 15 is 0 Å². The van der Waals surface area contributed by atoms with Crippen LogP contribution in [0.15, 0.2) is 12.2 Å². The molecule has 2 N–H and O–H groups in total. The zero-order chi connectivity index (χ0) is 16.5. The third-order valence-electron chi connectivity index (χ3n) is 3.77. The highest BCUT2D eigenvalue weighted by molar-refractivity contribution is 5.63. The first-order chi connectivity index (χ1) is 10.7. The predicted octanol–water partition coefficient (Wildman–Crippen LogP) is 2.72. The molecule has 0 aliphatic rings. The van der Waals surface area contributed by atoms with E-state index in [-0.39, 0.29) is 19.1 Å². The number of hydrogen-bond acceptors (Lipinski definition) is 4. The second-order valence-electron chi connectivity index (χ2n) is 5.97. The Labute approximate surface area is 135 Å². The largest absolute Gasteiger partial charge is 0.550 e. The molecule has 22 heavy (non-hydrogen) atoms. The van der Waals surface area contributed by atoms with Gasteiger partial charge in [-0.25, -0.2) is 0 Å². The third-order valence-corrected chi connectivity index (χ3v) is 3.77. The van der Waals surface area contributed by atoms with E-state index in [0.29, 0.717) is 0 Å². The molecule has 0 saturated heterocycles. The van der Waals surface area contributed by atoms with Gasteiger partial charge in [-0.1, -0.05) is 50.7 Å². The van der Waals surface area contributed by atoms with Crippen LogP contribution < -0.4 is 5.11 Å². The first-order valence-electron chi connectivity index (χ1n) is 8.80. The van der Waals surface area contributed by atoms with Crippen LogP contribution in [0.1, 0.15) is 83.5 Å². The fourth-order valence-corrected chi connectivity index (χ4v) is 2.40. The molecule has 0 amide bonds. The Morgan fingerprint density at radius 1 is 0.909 bits per heavy atom. The van der Waals surface area contributed by atoms with Crippen molar-refractivity contribution < 1.29 is 20.1 Å². The van der Waals surface area contributed by atoms with Gasteiger partial charge in [0.15, 0.2) is 0 Å². The van der Waals surface area contributed by atoms with Crippen molar-refractivity contribution in [3.8, 4) is 0 Å². The minimum atomic E-state index is -0.949. The predicted molar refractivity (Wildman–Crippen MR) is 87.3 cm³/mol. The average molecular weight is 313 g/mol. The van der Waals surface area contributed by atoms with Crippen LogP contribution >= 0.6 is 0 Å². The molecular formula is C18H33O4-. The summed E-state index contributed by atoms with van der Waals surface area (Å²) in [5, 5.41) is 28.7. The summed E-state index contributed by atoms with van der Waals surface area (Å²) < 4.78 is 0. The van der Waals surface area contributed by atoms with Crippen LogP contribution in [0.4, 0.5) is 0 Å². The number of aliphatic hydroxyl groups is 2. The van der Waals surface area contributed by atoms with E-state index in [1.54, 1.807) is 0 Å². The second-order valence-corrected chi connectivity index (χ2v) is 5.97. The molecule has 0 aromatic carbocycles. The summed E-state index contributed by atoms with van der Waals surface area (Å²) in [6, 6.07) is 0. The Morgan fingerprint density at radius 3 is 2.27 bits per heavy atom. The summed E-state index contributed by atoms with van der Waals surface area (Å²) in [6.45, 7) is 0.266. The monoisotopic (exact) mass is 313 g/mol. The van der Waals surface area contributed by atoms with Crippen molar-refractivity contribution >= 4 is 5.97 Å². The van der Waals surface area contributed by atoms with E-state index < -0.39 is 5.97 Å². The zero-order valence-corrected chi connectivity index (χ0v) is 13.8. The SMILES string of the molecule is O=C([O-])CCCCCCC/C=C\C[C@H](O)CCCCCCO. The Morgan fingerprint density at radius 2 is 1.55 bits per heavy atom. The van der Waals surface area contributed by atoms with Crippen molar-refractivity contribution in [1.82, 2.24) is 0 Å². The summed E-state index contributed by atoms with van der Waals surface area (Å²) in [7, 11) is 0. The molecule has 1 atom stereocenters. The van der Waals surface area contributed by atoms with Crippen molar-refractivity contribution in [3.63, 3.8) is 0 Å².